The van der Waals surface area contributed by atoms with Crippen LogP contribution in [-0.2, 0) is 4.79 Å². The average molecular weight is 283 g/mol. The largest absolute Gasteiger partial charge is 0.389 e. The third-order valence-corrected chi connectivity index (χ3v) is 3.42. The van der Waals surface area contributed by atoms with Gasteiger partial charge in [-0.25, -0.2) is 0 Å². The Kier molecular flexibility index (Phi) is 5.94. The van der Waals surface area contributed by atoms with Crippen LogP contribution in [0.25, 0.3) is 0 Å². The zero-order valence-electron chi connectivity index (χ0n) is 10.4. The van der Waals surface area contributed by atoms with Crippen molar-refractivity contribution in [1.29, 1.82) is 0 Å². The summed E-state index contributed by atoms with van der Waals surface area (Å²) in [5.41, 5.74) is 7.47. The van der Waals surface area contributed by atoms with Crippen LogP contribution in [0.1, 0.15) is 12.0 Å². The van der Waals surface area contributed by atoms with Crippen LogP contribution in [-0.4, -0.2) is 30.7 Å². The van der Waals surface area contributed by atoms with Crippen molar-refractivity contribution in [3.05, 3.63) is 23.8 Å². The van der Waals surface area contributed by atoms with Crippen LogP contribution >= 0.6 is 24.0 Å². The molecule has 0 spiro atoms. The van der Waals surface area contributed by atoms with E-state index in [1.807, 2.05) is 24.5 Å². The fraction of sp³-hybridized carbons (Fsp3) is 0.333. The number of hydrogen-bond donors (Lipinski definition) is 3. The van der Waals surface area contributed by atoms with Crippen molar-refractivity contribution in [2.24, 2.45) is 5.73 Å². The standard InChI is InChI=1S/C12H17N3OS2/c1-14-10(16)6-7-15-8-4-3-5-9(18-2)11(8)12(13)17/h3-5,15H,6-7H2,1-2H3,(H2,13,17)(H,14,16). The number of anilines is 1. The predicted molar refractivity (Wildman–Crippen MR) is 81.3 cm³/mol. The maximum absolute atomic E-state index is 11.1. The molecule has 4 N–H and O–H groups in total. The first kappa shape index (κ1) is 14.8. The van der Waals surface area contributed by atoms with E-state index in [0.717, 1.165) is 16.1 Å². The van der Waals surface area contributed by atoms with Crippen molar-refractivity contribution in [3.8, 4) is 0 Å². The van der Waals surface area contributed by atoms with Crippen LogP contribution in [0.4, 0.5) is 5.69 Å². The minimum absolute atomic E-state index is 0.000367. The molecule has 1 aromatic rings. The molecular weight excluding hydrogens is 266 g/mol. The highest BCUT2D eigenvalue weighted by atomic mass is 32.2. The fourth-order valence-corrected chi connectivity index (χ4v) is 2.46. The number of nitrogens with one attached hydrogen (secondary N) is 2. The topological polar surface area (TPSA) is 67.2 Å². The third kappa shape index (κ3) is 3.89. The second kappa shape index (κ2) is 7.23. The number of thioether (sulfide) groups is 1. The zero-order chi connectivity index (χ0) is 13.5. The van der Waals surface area contributed by atoms with Gasteiger partial charge in [0, 0.05) is 36.2 Å². The van der Waals surface area contributed by atoms with Crippen molar-refractivity contribution >= 4 is 40.6 Å². The molecule has 1 rings (SSSR count). The Bertz CT molecular complexity index is 449. The van der Waals surface area contributed by atoms with Gasteiger partial charge in [-0.1, -0.05) is 18.3 Å². The Labute approximate surface area is 117 Å². The molecule has 0 aliphatic rings. The van der Waals surface area contributed by atoms with Crippen LogP contribution in [0.15, 0.2) is 23.1 Å². The molecular formula is C12H17N3OS2. The summed E-state index contributed by atoms with van der Waals surface area (Å²) in [6, 6.07) is 5.83. The Morgan fingerprint density at radius 1 is 1.50 bits per heavy atom. The lowest BCUT2D eigenvalue weighted by molar-refractivity contribution is -0.120. The summed E-state index contributed by atoms with van der Waals surface area (Å²) in [6.45, 7) is 0.549. The lowest BCUT2D eigenvalue weighted by atomic mass is 10.1. The summed E-state index contributed by atoms with van der Waals surface area (Å²) in [4.78, 5) is 12.5. The number of thiocarbonyl (C=S) groups is 1. The van der Waals surface area contributed by atoms with E-state index in [1.54, 1.807) is 18.8 Å². The van der Waals surface area contributed by atoms with Gasteiger partial charge in [0.05, 0.1) is 0 Å². The van der Waals surface area contributed by atoms with Gasteiger partial charge in [-0.15, -0.1) is 11.8 Å². The van der Waals surface area contributed by atoms with Crippen molar-refractivity contribution in [1.82, 2.24) is 5.32 Å². The van der Waals surface area contributed by atoms with Crippen molar-refractivity contribution in [2.45, 2.75) is 11.3 Å². The Morgan fingerprint density at radius 2 is 2.22 bits per heavy atom. The van der Waals surface area contributed by atoms with E-state index in [4.69, 9.17) is 18.0 Å². The Morgan fingerprint density at radius 3 is 2.78 bits per heavy atom. The molecule has 0 heterocycles. The van der Waals surface area contributed by atoms with Crippen LogP contribution in [0.5, 0.6) is 0 Å². The molecule has 0 fully saturated rings. The molecule has 6 heteroatoms. The van der Waals surface area contributed by atoms with Crippen LogP contribution in [0.2, 0.25) is 0 Å². The SMILES string of the molecule is CNC(=O)CCNc1cccc(SC)c1C(N)=S. The smallest absolute Gasteiger partial charge is 0.221 e. The molecule has 0 saturated carbocycles. The monoisotopic (exact) mass is 283 g/mol. The molecule has 0 atom stereocenters. The number of rotatable bonds is 6. The number of carbonyl (C=O) groups excluding carboxylic acids is 1. The first-order valence-corrected chi connectivity index (χ1v) is 7.14. The zero-order valence-corrected chi connectivity index (χ0v) is 12.1. The molecule has 4 nitrogen and oxygen atoms in total. The average Bonchev–Trinajstić information content (AvgIpc) is 2.37. The van der Waals surface area contributed by atoms with Gasteiger partial charge in [0.1, 0.15) is 4.99 Å². The predicted octanol–water partition coefficient (Wildman–Crippen LogP) is 1.59. The number of carbonyl (C=O) groups is 1. The van der Waals surface area contributed by atoms with Gasteiger partial charge in [0.25, 0.3) is 0 Å². The second-order valence-electron chi connectivity index (χ2n) is 3.60. The van der Waals surface area contributed by atoms with E-state index < -0.39 is 0 Å². The summed E-state index contributed by atoms with van der Waals surface area (Å²) in [7, 11) is 1.62. The van der Waals surface area contributed by atoms with Gasteiger partial charge in [-0.3, -0.25) is 4.79 Å². The molecule has 18 heavy (non-hydrogen) atoms. The Hall–Kier alpha value is -1.27. The third-order valence-electron chi connectivity index (χ3n) is 2.44. The second-order valence-corrected chi connectivity index (χ2v) is 4.88. The molecule has 1 amide bonds. The lowest BCUT2D eigenvalue weighted by Crippen LogP contribution is -2.22. The first-order chi connectivity index (χ1) is 8.60. The molecule has 0 aliphatic carbocycles. The number of benzene rings is 1. The minimum Gasteiger partial charge on any atom is -0.389 e. The normalized spacial score (nSPS) is 9.89. The van der Waals surface area contributed by atoms with E-state index in [1.165, 1.54) is 0 Å². The summed E-state index contributed by atoms with van der Waals surface area (Å²) in [6.07, 6.45) is 2.39. The maximum atomic E-state index is 11.1. The maximum Gasteiger partial charge on any atom is 0.221 e. The number of hydrogen-bond acceptors (Lipinski definition) is 4. The highest BCUT2D eigenvalue weighted by molar-refractivity contribution is 7.98. The van der Waals surface area contributed by atoms with E-state index in [9.17, 15) is 4.79 Å². The number of amides is 1. The van der Waals surface area contributed by atoms with Crippen molar-refractivity contribution < 1.29 is 4.79 Å². The van der Waals surface area contributed by atoms with Crippen molar-refractivity contribution in [3.63, 3.8) is 0 Å². The summed E-state index contributed by atoms with van der Waals surface area (Å²) >= 11 is 6.67. The molecule has 0 unspecified atom stereocenters. The summed E-state index contributed by atoms with van der Waals surface area (Å²) < 4.78 is 0. The van der Waals surface area contributed by atoms with Gasteiger partial charge in [0.15, 0.2) is 0 Å². The Balaban J connectivity index is 2.82. The van der Waals surface area contributed by atoms with E-state index in [-0.39, 0.29) is 5.91 Å². The molecule has 0 radical (unpaired) electrons. The highest BCUT2D eigenvalue weighted by Crippen LogP contribution is 2.26. The van der Waals surface area contributed by atoms with E-state index in [0.29, 0.717) is 18.0 Å². The molecule has 0 aliphatic heterocycles. The van der Waals surface area contributed by atoms with Gasteiger partial charge in [-0.05, 0) is 18.4 Å². The molecule has 0 bridgehead atoms. The van der Waals surface area contributed by atoms with Crippen molar-refractivity contribution in [2.75, 3.05) is 25.2 Å². The molecule has 98 valence electrons. The van der Waals surface area contributed by atoms with E-state index in [2.05, 4.69) is 10.6 Å². The lowest BCUT2D eigenvalue weighted by Gasteiger charge is -2.13. The quantitative estimate of drug-likeness (QED) is 0.546. The van der Waals surface area contributed by atoms with Gasteiger partial charge >= 0.3 is 0 Å². The first-order valence-electron chi connectivity index (χ1n) is 5.51. The molecule has 1 aromatic carbocycles. The molecule has 0 saturated heterocycles. The van der Waals surface area contributed by atoms with Crippen LogP contribution < -0.4 is 16.4 Å². The highest BCUT2D eigenvalue weighted by Gasteiger charge is 2.10. The van der Waals surface area contributed by atoms with Gasteiger partial charge in [-0.2, -0.15) is 0 Å². The molecule has 0 aromatic heterocycles. The van der Waals surface area contributed by atoms with Crippen LogP contribution in [0, 0.1) is 0 Å². The minimum atomic E-state index is 0.000367. The fourth-order valence-electron chi connectivity index (χ4n) is 1.54. The van der Waals surface area contributed by atoms with Crippen LogP contribution in [0.3, 0.4) is 0 Å². The van der Waals surface area contributed by atoms with E-state index >= 15 is 0 Å². The summed E-state index contributed by atoms with van der Waals surface area (Å²) in [5, 5.41) is 5.77. The van der Waals surface area contributed by atoms with Gasteiger partial charge < -0.3 is 16.4 Å². The number of nitrogens with two attached hydrogens (primary N) is 1. The summed E-state index contributed by atoms with van der Waals surface area (Å²) in [5.74, 6) is 0.000367. The van der Waals surface area contributed by atoms with Gasteiger partial charge in [0.2, 0.25) is 5.91 Å².